The van der Waals surface area contributed by atoms with Gasteiger partial charge >= 0.3 is 0 Å². The van der Waals surface area contributed by atoms with E-state index in [1.165, 1.54) is 0 Å². The maximum absolute atomic E-state index is 13.1. The first kappa shape index (κ1) is 19.6. The molecular weight excluding hydrogens is 386 g/mol. The van der Waals surface area contributed by atoms with Gasteiger partial charge in [-0.3, -0.25) is 4.79 Å². The van der Waals surface area contributed by atoms with Crippen LogP contribution in [0.4, 0.5) is 11.6 Å². The van der Waals surface area contributed by atoms with E-state index in [0.717, 1.165) is 42.5 Å². The number of nitrogens with zero attached hydrogens (tertiary/aromatic N) is 4. The molecule has 7 heteroatoms. The molecule has 0 atom stereocenters. The molecule has 0 saturated heterocycles. The van der Waals surface area contributed by atoms with E-state index in [0.29, 0.717) is 16.5 Å². The standard InChI is InChI=1S/C22H24ClN5O/c1-27(2)12-11-24-22-25-14-16-13-19(9-10-20(16)26-22)28(18-7-8-18)21(29)15-3-5-17(23)6-4-15/h3-6,9-10,13-14,18H,7-8,11-12H2,1-2H3,(H,24,25,26). The van der Waals surface area contributed by atoms with Crippen LogP contribution in [0.25, 0.3) is 10.9 Å². The summed E-state index contributed by atoms with van der Waals surface area (Å²) in [6.45, 7) is 1.69. The molecule has 0 spiro atoms. The molecule has 0 radical (unpaired) electrons. The van der Waals surface area contributed by atoms with Gasteiger partial charge in [0.05, 0.1) is 5.52 Å². The third kappa shape index (κ3) is 4.66. The molecule has 1 aromatic heterocycles. The molecule has 0 unspecified atom stereocenters. The minimum absolute atomic E-state index is 0.00796. The van der Waals surface area contributed by atoms with E-state index in [2.05, 4.69) is 20.2 Å². The van der Waals surface area contributed by atoms with E-state index in [-0.39, 0.29) is 11.9 Å². The number of rotatable bonds is 7. The van der Waals surface area contributed by atoms with Gasteiger partial charge in [0.15, 0.2) is 0 Å². The molecule has 1 saturated carbocycles. The number of benzene rings is 2. The van der Waals surface area contributed by atoms with Crippen LogP contribution in [0, 0.1) is 0 Å². The Bertz CT molecular complexity index is 1020. The van der Waals surface area contributed by atoms with Gasteiger partial charge in [-0.1, -0.05) is 11.6 Å². The summed E-state index contributed by atoms with van der Waals surface area (Å²) < 4.78 is 0. The molecule has 0 aliphatic heterocycles. The predicted octanol–water partition coefficient (Wildman–Crippen LogP) is 4.07. The Kier molecular flexibility index (Phi) is 5.65. The summed E-state index contributed by atoms with van der Waals surface area (Å²) in [6.07, 6.45) is 3.84. The van der Waals surface area contributed by atoms with Gasteiger partial charge in [0, 0.05) is 47.0 Å². The molecule has 150 valence electrons. The summed E-state index contributed by atoms with van der Waals surface area (Å²) in [7, 11) is 4.06. The summed E-state index contributed by atoms with van der Waals surface area (Å²) in [5.41, 5.74) is 2.36. The Hall–Kier alpha value is -2.70. The van der Waals surface area contributed by atoms with Gasteiger partial charge in [-0.25, -0.2) is 9.97 Å². The largest absolute Gasteiger partial charge is 0.353 e. The van der Waals surface area contributed by atoms with Gasteiger partial charge in [-0.2, -0.15) is 0 Å². The van der Waals surface area contributed by atoms with Gasteiger partial charge in [0.2, 0.25) is 5.95 Å². The lowest BCUT2D eigenvalue weighted by molar-refractivity contribution is 0.0985. The van der Waals surface area contributed by atoms with Gasteiger partial charge in [0.25, 0.3) is 5.91 Å². The van der Waals surface area contributed by atoms with Crippen LogP contribution >= 0.6 is 11.6 Å². The zero-order valence-electron chi connectivity index (χ0n) is 16.6. The maximum Gasteiger partial charge on any atom is 0.258 e. The van der Waals surface area contributed by atoms with E-state index in [9.17, 15) is 4.79 Å². The van der Waals surface area contributed by atoms with Crippen molar-refractivity contribution in [2.24, 2.45) is 0 Å². The Morgan fingerprint density at radius 2 is 1.93 bits per heavy atom. The number of hydrogen-bond acceptors (Lipinski definition) is 5. The number of carbonyl (C=O) groups is 1. The van der Waals surface area contributed by atoms with Crippen molar-refractivity contribution < 1.29 is 4.79 Å². The van der Waals surface area contributed by atoms with Crippen LogP contribution in [0.5, 0.6) is 0 Å². The van der Waals surface area contributed by atoms with Gasteiger partial charge in [0.1, 0.15) is 0 Å². The maximum atomic E-state index is 13.1. The molecular formula is C22H24ClN5O. The minimum atomic E-state index is -0.00796. The van der Waals surface area contributed by atoms with E-state index < -0.39 is 0 Å². The highest BCUT2D eigenvalue weighted by molar-refractivity contribution is 6.30. The van der Waals surface area contributed by atoms with Crippen LogP contribution in [0.15, 0.2) is 48.7 Å². The number of likely N-dealkylation sites (N-methyl/N-ethyl adjacent to an activating group) is 1. The highest BCUT2D eigenvalue weighted by atomic mass is 35.5. The molecule has 1 aliphatic carbocycles. The highest BCUT2D eigenvalue weighted by Crippen LogP contribution is 2.34. The smallest absolute Gasteiger partial charge is 0.258 e. The first-order chi connectivity index (χ1) is 14.0. The van der Waals surface area contributed by atoms with Crippen LogP contribution in [0.3, 0.4) is 0 Å². The van der Waals surface area contributed by atoms with Gasteiger partial charge in [-0.05, 0) is 69.4 Å². The van der Waals surface area contributed by atoms with Crippen molar-refractivity contribution in [3.8, 4) is 0 Å². The normalized spacial score (nSPS) is 13.7. The van der Waals surface area contributed by atoms with Gasteiger partial charge < -0.3 is 15.1 Å². The number of aromatic nitrogens is 2. The van der Waals surface area contributed by atoms with Crippen LogP contribution in [-0.2, 0) is 0 Å². The fourth-order valence-electron chi connectivity index (χ4n) is 3.21. The zero-order chi connectivity index (χ0) is 20.4. The fourth-order valence-corrected chi connectivity index (χ4v) is 3.33. The summed E-state index contributed by atoms with van der Waals surface area (Å²) in [5, 5.41) is 4.77. The SMILES string of the molecule is CN(C)CCNc1ncc2cc(N(C(=O)c3ccc(Cl)cc3)C3CC3)ccc2n1. The molecule has 0 bridgehead atoms. The van der Waals surface area contributed by atoms with Crippen LogP contribution in [0.2, 0.25) is 5.02 Å². The summed E-state index contributed by atoms with van der Waals surface area (Å²) >= 11 is 5.97. The second kappa shape index (κ2) is 8.35. The van der Waals surface area contributed by atoms with Crippen molar-refractivity contribution in [3.05, 3.63) is 59.2 Å². The lowest BCUT2D eigenvalue weighted by Crippen LogP contribution is -2.33. The van der Waals surface area contributed by atoms with Crippen molar-refractivity contribution in [2.75, 3.05) is 37.4 Å². The molecule has 1 amide bonds. The third-order valence-corrected chi connectivity index (χ3v) is 5.16. The third-order valence-electron chi connectivity index (χ3n) is 4.91. The molecule has 1 fully saturated rings. The summed E-state index contributed by atoms with van der Waals surface area (Å²) in [4.78, 5) is 26.1. The Morgan fingerprint density at radius 1 is 1.17 bits per heavy atom. The zero-order valence-corrected chi connectivity index (χ0v) is 17.4. The van der Waals surface area contributed by atoms with E-state index in [1.54, 1.807) is 24.3 Å². The summed E-state index contributed by atoms with van der Waals surface area (Å²) in [6, 6.07) is 13.2. The van der Waals surface area contributed by atoms with Gasteiger partial charge in [-0.15, -0.1) is 0 Å². The molecule has 4 rings (SSSR count). The first-order valence-electron chi connectivity index (χ1n) is 9.76. The monoisotopic (exact) mass is 409 g/mol. The Morgan fingerprint density at radius 3 is 2.62 bits per heavy atom. The van der Waals surface area contributed by atoms with E-state index in [1.807, 2.05) is 43.4 Å². The lowest BCUT2D eigenvalue weighted by atomic mass is 10.1. The molecule has 1 N–H and O–H groups in total. The minimum Gasteiger partial charge on any atom is -0.353 e. The van der Waals surface area contributed by atoms with Crippen molar-refractivity contribution in [2.45, 2.75) is 18.9 Å². The van der Waals surface area contributed by atoms with Crippen molar-refractivity contribution in [3.63, 3.8) is 0 Å². The number of hydrogen-bond donors (Lipinski definition) is 1. The van der Waals surface area contributed by atoms with E-state index in [4.69, 9.17) is 11.6 Å². The number of halogens is 1. The molecule has 1 aliphatic rings. The second-order valence-corrected chi connectivity index (χ2v) is 8.02. The molecule has 6 nitrogen and oxygen atoms in total. The molecule has 2 aromatic carbocycles. The number of nitrogens with one attached hydrogen (secondary N) is 1. The number of anilines is 2. The quantitative estimate of drug-likeness (QED) is 0.637. The fraction of sp³-hybridized carbons (Fsp3) is 0.318. The molecule has 3 aromatic rings. The van der Waals surface area contributed by atoms with Crippen LogP contribution in [-0.4, -0.2) is 54.0 Å². The van der Waals surface area contributed by atoms with Crippen molar-refractivity contribution in [1.82, 2.24) is 14.9 Å². The number of fused-ring (bicyclic) bond motifs is 1. The number of amides is 1. The first-order valence-corrected chi connectivity index (χ1v) is 10.1. The lowest BCUT2D eigenvalue weighted by Gasteiger charge is -2.23. The van der Waals surface area contributed by atoms with E-state index >= 15 is 0 Å². The van der Waals surface area contributed by atoms with Crippen molar-refractivity contribution in [1.29, 1.82) is 0 Å². The molecule has 1 heterocycles. The molecule has 29 heavy (non-hydrogen) atoms. The second-order valence-electron chi connectivity index (χ2n) is 7.58. The Labute approximate surface area is 175 Å². The van der Waals surface area contributed by atoms with Crippen LogP contribution in [0.1, 0.15) is 23.2 Å². The number of carbonyl (C=O) groups excluding carboxylic acids is 1. The average Bonchev–Trinajstić information content (AvgIpc) is 3.53. The van der Waals surface area contributed by atoms with Crippen molar-refractivity contribution >= 4 is 40.0 Å². The highest BCUT2D eigenvalue weighted by Gasteiger charge is 2.34. The average molecular weight is 410 g/mol. The summed E-state index contributed by atoms with van der Waals surface area (Å²) in [5.74, 6) is 0.606. The predicted molar refractivity (Wildman–Crippen MR) is 118 cm³/mol. The van der Waals surface area contributed by atoms with Crippen LogP contribution < -0.4 is 10.2 Å². The Balaban J connectivity index is 1.58. The topological polar surface area (TPSA) is 61.4 Å².